The van der Waals surface area contributed by atoms with Crippen LogP contribution in [-0.4, -0.2) is 17.7 Å². The highest BCUT2D eigenvalue weighted by atomic mass is 35.5. The normalized spacial score (nSPS) is 20.5. The number of carboxylic acids is 1. The Labute approximate surface area is 92.6 Å². The lowest BCUT2D eigenvalue weighted by Gasteiger charge is -2.13. The highest BCUT2D eigenvalue weighted by Gasteiger charge is 2.32. The van der Waals surface area contributed by atoms with Gasteiger partial charge in [0.1, 0.15) is 5.75 Å². The molecule has 0 aromatic heterocycles. The van der Waals surface area contributed by atoms with Gasteiger partial charge < -0.3 is 9.84 Å². The maximum atomic E-state index is 10.9. The number of carboxylic acid groups (broad SMARTS) is 1. The standard InChI is InChI=1S/C11H11ClO3/c1-6(11(13)14)9-5-15-10-3-2-7(12)4-8(9)10/h2-4,6,9H,5H2,1H3,(H,13,14). The lowest BCUT2D eigenvalue weighted by atomic mass is 9.89. The number of ether oxygens (including phenoxy) is 1. The van der Waals surface area contributed by atoms with Crippen molar-refractivity contribution in [2.24, 2.45) is 5.92 Å². The minimum Gasteiger partial charge on any atom is -0.493 e. The molecule has 1 heterocycles. The first-order valence-corrected chi connectivity index (χ1v) is 5.12. The molecule has 1 aliphatic heterocycles. The molecule has 0 fully saturated rings. The molecule has 15 heavy (non-hydrogen) atoms. The number of aliphatic carboxylic acids is 1. The molecule has 0 spiro atoms. The predicted molar refractivity (Wildman–Crippen MR) is 56.5 cm³/mol. The average molecular weight is 227 g/mol. The van der Waals surface area contributed by atoms with Crippen LogP contribution in [0.2, 0.25) is 5.02 Å². The Kier molecular flexibility index (Phi) is 2.57. The van der Waals surface area contributed by atoms with Gasteiger partial charge in [0.15, 0.2) is 0 Å². The topological polar surface area (TPSA) is 46.5 Å². The number of halogens is 1. The fourth-order valence-electron chi connectivity index (χ4n) is 1.80. The van der Waals surface area contributed by atoms with Crippen molar-refractivity contribution in [2.45, 2.75) is 12.8 Å². The van der Waals surface area contributed by atoms with Gasteiger partial charge in [-0.3, -0.25) is 4.79 Å². The van der Waals surface area contributed by atoms with Crippen LogP contribution in [0, 0.1) is 5.92 Å². The second kappa shape index (κ2) is 3.74. The average Bonchev–Trinajstić information content (AvgIpc) is 2.59. The molecule has 2 atom stereocenters. The van der Waals surface area contributed by atoms with Gasteiger partial charge in [0.25, 0.3) is 0 Å². The van der Waals surface area contributed by atoms with Crippen molar-refractivity contribution in [3.63, 3.8) is 0 Å². The Hall–Kier alpha value is -1.22. The second-order valence-electron chi connectivity index (χ2n) is 3.73. The van der Waals surface area contributed by atoms with E-state index < -0.39 is 11.9 Å². The molecule has 0 saturated carbocycles. The third-order valence-electron chi connectivity index (χ3n) is 2.78. The molecule has 0 aliphatic carbocycles. The van der Waals surface area contributed by atoms with E-state index in [0.29, 0.717) is 11.6 Å². The summed E-state index contributed by atoms with van der Waals surface area (Å²) in [6.07, 6.45) is 0. The molecule has 0 radical (unpaired) electrons. The van der Waals surface area contributed by atoms with E-state index in [1.807, 2.05) is 0 Å². The van der Waals surface area contributed by atoms with Crippen LogP contribution in [0.25, 0.3) is 0 Å². The van der Waals surface area contributed by atoms with Gasteiger partial charge in [-0.05, 0) is 18.2 Å². The van der Waals surface area contributed by atoms with Gasteiger partial charge in [-0.1, -0.05) is 18.5 Å². The molecule has 3 nitrogen and oxygen atoms in total. The van der Waals surface area contributed by atoms with Crippen LogP contribution in [0.5, 0.6) is 5.75 Å². The van der Waals surface area contributed by atoms with Crippen LogP contribution in [-0.2, 0) is 4.79 Å². The molecule has 1 aliphatic rings. The fraction of sp³-hybridized carbons (Fsp3) is 0.364. The summed E-state index contributed by atoms with van der Waals surface area (Å²) in [5.41, 5.74) is 0.900. The first-order chi connectivity index (χ1) is 7.09. The number of hydrogen-bond acceptors (Lipinski definition) is 2. The summed E-state index contributed by atoms with van der Waals surface area (Å²) in [5.74, 6) is -0.616. The van der Waals surface area contributed by atoms with Crippen LogP contribution >= 0.6 is 11.6 Å². The molecule has 0 amide bonds. The third kappa shape index (κ3) is 1.79. The smallest absolute Gasteiger partial charge is 0.306 e. The van der Waals surface area contributed by atoms with Gasteiger partial charge >= 0.3 is 5.97 Å². The van der Waals surface area contributed by atoms with E-state index in [1.165, 1.54) is 0 Å². The van der Waals surface area contributed by atoms with Crippen LogP contribution in [0.15, 0.2) is 18.2 Å². The Morgan fingerprint density at radius 1 is 1.67 bits per heavy atom. The summed E-state index contributed by atoms with van der Waals surface area (Å²) in [4.78, 5) is 10.9. The second-order valence-corrected chi connectivity index (χ2v) is 4.16. The highest BCUT2D eigenvalue weighted by Crippen LogP contribution is 2.39. The number of rotatable bonds is 2. The summed E-state index contributed by atoms with van der Waals surface area (Å²) in [7, 11) is 0. The summed E-state index contributed by atoms with van der Waals surface area (Å²) in [5, 5.41) is 9.56. The van der Waals surface area contributed by atoms with Gasteiger partial charge in [0.2, 0.25) is 0 Å². The van der Waals surface area contributed by atoms with E-state index in [2.05, 4.69) is 0 Å². The van der Waals surface area contributed by atoms with Crippen molar-refractivity contribution in [1.29, 1.82) is 0 Å². The monoisotopic (exact) mass is 226 g/mol. The van der Waals surface area contributed by atoms with Crippen molar-refractivity contribution in [2.75, 3.05) is 6.61 Å². The zero-order chi connectivity index (χ0) is 11.0. The minimum atomic E-state index is -0.809. The Morgan fingerprint density at radius 2 is 2.40 bits per heavy atom. The lowest BCUT2D eigenvalue weighted by Crippen LogP contribution is -2.19. The van der Waals surface area contributed by atoms with Crippen LogP contribution < -0.4 is 4.74 Å². The maximum absolute atomic E-state index is 10.9. The molecule has 2 rings (SSSR count). The van der Waals surface area contributed by atoms with E-state index in [4.69, 9.17) is 21.4 Å². The van der Waals surface area contributed by atoms with Crippen molar-refractivity contribution >= 4 is 17.6 Å². The number of hydrogen-bond donors (Lipinski definition) is 1. The van der Waals surface area contributed by atoms with E-state index in [0.717, 1.165) is 11.3 Å². The molecule has 0 bridgehead atoms. The zero-order valence-corrected chi connectivity index (χ0v) is 8.99. The van der Waals surface area contributed by atoms with E-state index in [9.17, 15) is 4.79 Å². The van der Waals surface area contributed by atoms with Crippen molar-refractivity contribution in [3.8, 4) is 5.75 Å². The van der Waals surface area contributed by atoms with Gasteiger partial charge in [-0.25, -0.2) is 0 Å². The fourth-order valence-corrected chi connectivity index (χ4v) is 1.98. The molecule has 80 valence electrons. The van der Waals surface area contributed by atoms with Crippen LogP contribution in [0.4, 0.5) is 0 Å². The molecule has 2 unspecified atom stereocenters. The Bertz CT molecular complexity index is 403. The molecular weight excluding hydrogens is 216 g/mol. The predicted octanol–water partition coefficient (Wildman–Crippen LogP) is 2.54. The van der Waals surface area contributed by atoms with Gasteiger partial charge in [-0.2, -0.15) is 0 Å². The quantitative estimate of drug-likeness (QED) is 0.843. The van der Waals surface area contributed by atoms with E-state index >= 15 is 0 Å². The zero-order valence-electron chi connectivity index (χ0n) is 8.24. The molecule has 1 aromatic rings. The summed E-state index contributed by atoms with van der Waals surface area (Å²) >= 11 is 5.87. The number of benzene rings is 1. The molecular formula is C11H11ClO3. The summed E-state index contributed by atoms with van der Waals surface area (Å²) in [6, 6.07) is 5.31. The maximum Gasteiger partial charge on any atom is 0.306 e. The van der Waals surface area contributed by atoms with Crippen molar-refractivity contribution < 1.29 is 14.6 Å². The van der Waals surface area contributed by atoms with Gasteiger partial charge in [0.05, 0.1) is 12.5 Å². The number of fused-ring (bicyclic) bond motifs is 1. The number of carbonyl (C=O) groups is 1. The SMILES string of the molecule is CC(C(=O)O)C1COc2ccc(Cl)cc21. The molecule has 1 aromatic carbocycles. The van der Waals surface area contributed by atoms with E-state index in [1.54, 1.807) is 25.1 Å². The van der Waals surface area contributed by atoms with Crippen molar-refractivity contribution in [3.05, 3.63) is 28.8 Å². The molecule has 1 N–H and O–H groups in total. The molecule has 0 saturated heterocycles. The van der Waals surface area contributed by atoms with Crippen LogP contribution in [0.1, 0.15) is 18.4 Å². The summed E-state index contributed by atoms with van der Waals surface area (Å²) in [6.45, 7) is 2.11. The first-order valence-electron chi connectivity index (χ1n) is 4.74. The Morgan fingerprint density at radius 3 is 3.07 bits per heavy atom. The lowest BCUT2D eigenvalue weighted by molar-refractivity contribution is -0.142. The summed E-state index contributed by atoms with van der Waals surface area (Å²) < 4.78 is 5.42. The van der Waals surface area contributed by atoms with Crippen molar-refractivity contribution in [1.82, 2.24) is 0 Å². The van der Waals surface area contributed by atoms with E-state index in [-0.39, 0.29) is 5.92 Å². The largest absolute Gasteiger partial charge is 0.493 e. The van der Waals surface area contributed by atoms with Crippen LogP contribution in [0.3, 0.4) is 0 Å². The first kappa shape index (κ1) is 10.3. The van der Waals surface area contributed by atoms with Gasteiger partial charge in [-0.15, -0.1) is 0 Å². The van der Waals surface area contributed by atoms with Gasteiger partial charge in [0, 0.05) is 16.5 Å². The minimum absolute atomic E-state index is 0.101. The third-order valence-corrected chi connectivity index (χ3v) is 3.02. The Balaban J connectivity index is 2.35. The highest BCUT2D eigenvalue weighted by molar-refractivity contribution is 6.30. The molecule has 4 heteroatoms.